The number of allylic oxidation sites excluding steroid dienone is 7. The summed E-state index contributed by atoms with van der Waals surface area (Å²) < 4.78 is 9.67. The van der Waals surface area contributed by atoms with Crippen LogP contribution in [0.15, 0.2) is 59.6 Å². The number of Topliss-reactive ketones (excluding diaryl/α,β-unsaturated/α-hetero) is 1. The second kappa shape index (κ2) is 15.9. The Hall–Kier alpha value is -3.02. The summed E-state index contributed by atoms with van der Waals surface area (Å²) in [6, 6.07) is 0. The van der Waals surface area contributed by atoms with Gasteiger partial charge in [-0.05, 0) is 56.8 Å². The van der Waals surface area contributed by atoms with E-state index in [1.807, 2.05) is 19.9 Å². The van der Waals surface area contributed by atoms with Crippen molar-refractivity contribution in [2.45, 2.75) is 66.2 Å². The first-order valence-corrected chi connectivity index (χ1v) is 9.80. The number of esters is 2. The van der Waals surface area contributed by atoms with E-state index < -0.39 is 11.9 Å². The van der Waals surface area contributed by atoms with Crippen LogP contribution in [-0.4, -0.2) is 24.0 Å². The summed E-state index contributed by atoms with van der Waals surface area (Å²) in [5.41, 5.74) is 3.21. The Kier molecular flexibility index (Phi) is 14.3. The molecule has 0 aromatic heterocycles. The molecule has 0 aliphatic heterocycles. The lowest BCUT2D eigenvalue weighted by atomic mass is 10.0. The van der Waals surface area contributed by atoms with Crippen molar-refractivity contribution in [1.29, 1.82) is 0 Å². The van der Waals surface area contributed by atoms with Crippen LogP contribution in [0, 0.1) is 0 Å². The van der Waals surface area contributed by atoms with Crippen LogP contribution in [0.3, 0.4) is 0 Å². The van der Waals surface area contributed by atoms with Crippen LogP contribution >= 0.6 is 0 Å². The van der Waals surface area contributed by atoms with Gasteiger partial charge in [-0.3, -0.25) is 19.2 Å². The highest BCUT2D eigenvalue weighted by atomic mass is 16.5. The first kappa shape index (κ1) is 27.0. The van der Waals surface area contributed by atoms with E-state index in [2.05, 4.69) is 12.7 Å². The van der Waals surface area contributed by atoms with Gasteiger partial charge >= 0.3 is 11.9 Å². The third-order valence-electron chi connectivity index (χ3n) is 3.92. The van der Waals surface area contributed by atoms with Gasteiger partial charge in [0, 0.05) is 26.7 Å². The van der Waals surface area contributed by atoms with Crippen molar-refractivity contribution in [2.75, 3.05) is 0 Å². The predicted octanol–water partition coefficient (Wildman–Crippen LogP) is 5.07. The lowest BCUT2D eigenvalue weighted by molar-refractivity contribution is -0.136. The second-order valence-corrected chi connectivity index (χ2v) is 7.06. The van der Waals surface area contributed by atoms with E-state index in [4.69, 9.17) is 9.47 Å². The highest BCUT2D eigenvalue weighted by molar-refractivity contribution is 5.89. The summed E-state index contributed by atoms with van der Waals surface area (Å²) in [6.07, 6.45) is 12.4. The van der Waals surface area contributed by atoms with Crippen molar-refractivity contribution in [2.24, 2.45) is 0 Å². The molecule has 0 aliphatic rings. The van der Waals surface area contributed by atoms with Crippen LogP contribution in [-0.2, 0) is 28.7 Å². The highest BCUT2D eigenvalue weighted by Gasteiger charge is 2.05. The molecule has 0 saturated heterocycles. The SMILES string of the molecule is C=C(C=O)CC(=O)CC(C)=CCCC(C)=CCCC(C=COC(C)=O)=COC(C)=O. The largest absolute Gasteiger partial charge is 0.435 e. The molecule has 0 aromatic carbocycles. The van der Waals surface area contributed by atoms with Gasteiger partial charge < -0.3 is 9.47 Å². The van der Waals surface area contributed by atoms with Gasteiger partial charge in [-0.15, -0.1) is 0 Å². The minimum atomic E-state index is -0.424. The monoisotopic (exact) mass is 416 g/mol. The van der Waals surface area contributed by atoms with Crippen LogP contribution in [0.5, 0.6) is 0 Å². The zero-order valence-electron chi connectivity index (χ0n) is 18.4. The fourth-order valence-electron chi connectivity index (χ4n) is 2.43. The molecule has 6 nitrogen and oxygen atoms in total. The molecule has 0 rings (SSSR count). The number of rotatable bonds is 14. The van der Waals surface area contributed by atoms with E-state index in [-0.39, 0.29) is 12.2 Å². The van der Waals surface area contributed by atoms with E-state index >= 15 is 0 Å². The van der Waals surface area contributed by atoms with Crippen LogP contribution in [0.4, 0.5) is 0 Å². The fourth-order valence-corrected chi connectivity index (χ4v) is 2.43. The van der Waals surface area contributed by atoms with Gasteiger partial charge in [0.1, 0.15) is 12.1 Å². The van der Waals surface area contributed by atoms with Crippen molar-refractivity contribution >= 4 is 24.0 Å². The minimum Gasteiger partial charge on any atom is -0.435 e. The first-order valence-electron chi connectivity index (χ1n) is 9.80. The summed E-state index contributed by atoms with van der Waals surface area (Å²) in [6.45, 7) is 10.1. The highest BCUT2D eigenvalue weighted by Crippen LogP contribution is 2.14. The quantitative estimate of drug-likeness (QED) is 0.0981. The molecular weight excluding hydrogens is 384 g/mol. The number of hydrogen-bond donors (Lipinski definition) is 0. The van der Waals surface area contributed by atoms with Gasteiger partial charge in [0.05, 0.1) is 12.5 Å². The summed E-state index contributed by atoms with van der Waals surface area (Å²) >= 11 is 0. The molecule has 164 valence electrons. The first-order chi connectivity index (χ1) is 14.1. The topological polar surface area (TPSA) is 86.7 Å². The molecule has 0 radical (unpaired) electrons. The Morgan fingerprint density at radius 1 is 0.833 bits per heavy atom. The maximum Gasteiger partial charge on any atom is 0.307 e. The van der Waals surface area contributed by atoms with E-state index in [1.54, 1.807) is 6.08 Å². The van der Waals surface area contributed by atoms with E-state index in [1.165, 1.54) is 31.9 Å². The third kappa shape index (κ3) is 16.0. The molecule has 30 heavy (non-hydrogen) atoms. The number of carbonyl (C=O) groups excluding carboxylic acids is 4. The minimum absolute atomic E-state index is 0.0120. The zero-order valence-corrected chi connectivity index (χ0v) is 18.4. The number of ether oxygens (including phenoxy) is 2. The molecule has 6 heteroatoms. The number of ketones is 1. The summed E-state index contributed by atoms with van der Waals surface area (Å²) in [7, 11) is 0. The second-order valence-electron chi connectivity index (χ2n) is 7.06. The fraction of sp³-hybridized carbons (Fsp3) is 0.417. The average molecular weight is 417 g/mol. The molecule has 0 bridgehead atoms. The van der Waals surface area contributed by atoms with Crippen molar-refractivity contribution in [3.05, 3.63) is 59.6 Å². The normalized spacial score (nSPS) is 12.6. The molecule has 0 aliphatic carbocycles. The maximum absolute atomic E-state index is 11.8. The molecule has 0 amide bonds. The Morgan fingerprint density at radius 2 is 1.43 bits per heavy atom. The lowest BCUT2D eigenvalue weighted by Crippen LogP contribution is -2.00. The zero-order chi connectivity index (χ0) is 22.9. The third-order valence-corrected chi connectivity index (χ3v) is 3.92. The smallest absolute Gasteiger partial charge is 0.307 e. The van der Waals surface area contributed by atoms with Crippen molar-refractivity contribution < 1.29 is 28.7 Å². The van der Waals surface area contributed by atoms with E-state index in [9.17, 15) is 19.2 Å². The van der Waals surface area contributed by atoms with Gasteiger partial charge in [0.15, 0.2) is 0 Å². The molecule has 0 N–H and O–H groups in total. The van der Waals surface area contributed by atoms with Crippen LogP contribution in [0.1, 0.15) is 66.2 Å². The molecular formula is C24H32O6. The molecule has 0 spiro atoms. The standard InChI is InChI=1S/C24H32O6/c1-18(8-6-10-19(2)14-24(28)15-20(3)16-25)9-7-11-23(17-30-22(5)27)12-13-29-21(4)26/h9-10,12-13,16-17H,3,6-8,11,14-15H2,1-2,4-5H3. The summed E-state index contributed by atoms with van der Waals surface area (Å²) in [5.74, 6) is -0.856. The van der Waals surface area contributed by atoms with Crippen LogP contribution in [0.25, 0.3) is 0 Å². The molecule has 0 saturated carbocycles. The Bertz CT molecular complexity index is 750. The predicted molar refractivity (Wildman–Crippen MR) is 116 cm³/mol. The van der Waals surface area contributed by atoms with Gasteiger partial charge in [-0.2, -0.15) is 0 Å². The molecule has 0 aromatic rings. The molecule has 0 fully saturated rings. The van der Waals surface area contributed by atoms with Crippen molar-refractivity contribution in [3.63, 3.8) is 0 Å². The lowest BCUT2D eigenvalue weighted by Gasteiger charge is -2.04. The molecule has 0 atom stereocenters. The van der Waals surface area contributed by atoms with E-state index in [0.717, 1.165) is 30.4 Å². The molecule has 0 unspecified atom stereocenters. The Labute approximate surface area is 179 Å². The Balaban J connectivity index is 4.54. The number of carbonyl (C=O) groups is 4. The number of aldehydes is 1. The van der Waals surface area contributed by atoms with Crippen molar-refractivity contribution in [1.82, 2.24) is 0 Å². The van der Waals surface area contributed by atoms with Crippen molar-refractivity contribution in [3.8, 4) is 0 Å². The summed E-state index contributed by atoms with van der Waals surface area (Å²) in [5, 5.41) is 0. The van der Waals surface area contributed by atoms with Crippen LogP contribution in [0.2, 0.25) is 0 Å². The average Bonchev–Trinajstić information content (AvgIpc) is 2.64. The van der Waals surface area contributed by atoms with Gasteiger partial charge in [-0.1, -0.05) is 29.9 Å². The summed E-state index contributed by atoms with van der Waals surface area (Å²) in [4.78, 5) is 44.1. The molecule has 0 heterocycles. The van der Waals surface area contributed by atoms with Crippen LogP contribution < -0.4 is 0 Å². The Morgan fingerprint density at radius 3 is 2.03 bits per heavy atom. The maximum atomic E-state index is 11.8. The van der Waals surface area contributed by atoms with E-state index in [0.29, 0.717) is 24.7 Å². The van der Waals surface area contributed by atoms with Gasteiger partial charge in [0.25, 0.3) is 0 Å². The van der Waals surface area contributed by atoms with Gasteiger partial charge in [-0.25, -0.2) is 0 Å². The van der Waals surface area contributed by atoms with Gasteiger partial charge in [0.2, 0.25) is 0 Å². The number of hydrogen-bond acceptors (Lipinski definition) is 6.